The first kappa shape index (κ1) is 25.6. The molecule has 0 radical (unpaired) electrons. The van der Waals surface area contributed by atoms with Gasteiger partial charge in [0.25, 0.3) is 0 Å². The Balaban J connectivity index is 1.71. The lowest BCUT2D eigenvalue weighted by molar-refractivity contribution is 0.525. The fourth-order valence-corrected chi connectivity index (χ4v) is 4.71. The summed E-state index contributed by atoms with van der Waals surface area (Å²) in [5, 5.41) is 0. The third-order valence-electron chi connectivity index (χ3n) is 5.73. The van der Waals surface area contributed by atoms with Crippen LogP contribution in [0.15, 0.2) is 53.2 Å². The fraction of sp³-hybridized carbons (Fsp3) is 0.571. The van der Waals surface area contributed by atoms with E-state index in [1.807, 2.05) is 24.2 Å². The normalized spacial score (nSPS) is 12.0. The molecule has 1 heterocycles. The summed E-state index contributed by atoms with van der Waals surface area (Å²) < 4.78 is 0. The monoisotopic (exact) mass is 438 g/mol. The van der Waals surface area contributed by atoms with Crippen molar-refractivity contribution in [1.29, 1.82) is 0 Å². The summed E-state index contributed by atoms with van der Waals surface area (Å²) >= 11 is 1.95. The number of allylic oxidation sites excluding steroid dienone is 2. The van der Waals surface area contributed by atoms with E-state index in [9.17, 15) is 0 Å². The van der Waals surface area contributed by atoms with Crippen LogP contribution in [0.1, 0.15) is 91.0 Å². The number of aromatic nitrogens is 2. The Morgan fingerprint density at radius 2 is 1.61 bits per heavy atom. The molecule has 3 heteroatoms. The molecule has 0 amide bonds. The minimum Gasteiger partial charge on any atom is -0.236 e. The molecule has 1 aromatic carbocycles. The molecule has 0 fully saturated rings. The number of hydrogen-bond donors (Lipinski definition) is 0. The topological polar surface area (TPSA) is 25.8 Å². The first-order valence-corrected chi connectivity index (χ1v) is 13.2. The molecule has 1 atom stereocenters. The van der Waals surface area contributed by atoms with E-state index in [0.29, 0.717) is 0 Å². The molecule has 170 valence electrons. The summed E-state index contributed by atoms with van der Waals surface area (Å²) in [6, 6.07) is 8.73. The quantitative estimate of drug-likeness (QED) is 0.158. The average molecular weight is 439 g/mol. The van der Waals surface area contributed by atoms with E-state index in [1.54, 1.807) is 0 Å². The SMILES string of the molecule is CCCCCCCCc1cnc(-c2ccc(SCCC(C)CCC=C(C)C)cc2)nc1. The van der Waals surface area contributed by atoms with Crippen molar-refractivity contribution in [2.45, 2.75) is 96.8 Å². The van der Waals surface area contributed by atoms with E-state index in [2.05, 4.69) is 68.0 Å². The largest absolute Gasteiger partial charge is 0.236 e. The van der Waals surface area contributed by atoms with Gasteiger partial charge in [0.1, 0.15) is 0 Å². The van der Waals surface area contributed by atoms with Crippen LogP contribution in [0.3, 0.4) is 0 Å². The van der Waals surface area contributed by atoms with E-state index in [-0.39, 0.29) is 0 Å². The van der Waals surface area contributed by atoms with Gasteiger partial charge in [0.05, 0.1) is 0 Å². The summed E-state index contributed by atoms with van der Waals surface area (Å²) in [6.45, 7) is 9.00. The first-order valence-electron chi connectivity index (χ1n) is 12.3. The number of hydrogen-bond acceptors (Lipinski definition) is 3. The number of nitrogens with zero attached hydrogens (tertiary/aromatic N) is 2. The molecule has 0 aliphatic carbocycles. The Bertz CT molecular complexity index is 746. The first-order chi connectivity index (χ1) is 15.1. The van der Waals surface area contributed by atoms with Crippen molar-refractivity contribution in [2.75, 3.05) is 5.75 Å². The van der Waals surface area contributed by atoms with Gasteiger partial charge in [-0.2, -0.15) is 0 Å². The fourth-order valence-electron chi connectivity index (χ4n) is 3.62. The van der Waals surface area contributed by atoms with Crippen molar-refractivity contribution < 1.29 is 0 Å². The van der Waals surface area contributed by atoms with Crippen molar-refractivity contribution >= 4 is 11.8 Å². The lowest BCUT2D eigenvalue weighted by Crippen LogP contribution is -1.96. The third-order valence-corrected chi connectivity index (χ3v) is 6.77. The van der Waals surface area contributed by atoms with Crippen molar-refractivity contribution in [1.82, 2.24) is 9.97 Å². The molecule has 2 rings (SSSR count). The summed E-state index contributed by atoms with van der Waals surface area (Å²) in [5.41, 5.74) is 3.79. The van der Waals surface area contributed by atoms with Crippen LogP contribution >= 0.6 is 11.8 Å². The Morgan fingerprint density at radius 3 is 2.29 bits per heavy atom. The minimum atomic E-state index is 0.783. The summed E-state index contributed by atoms with van der Waals surface area (Å²) in [4.78, 5) is 10.6. The van der Waals surface area contributed by atoms with Crippen LogP contribution < -0.4 is 0 Å². The molecule has 31 heavy (non-hydrogen) atoms. The van der Waals surface area contributed by atoms with Gasteiger partial charge in [-0.25, -0.2) is 9.97 Å². The van der Waals surface area contributed by atoms with Gasteiger partial charge in [-0.15, -0.1) is 11.8 Å². The second-order valence-corrected chi connectivity index (χ2v) is 10.2. The maximum absolute atomic E-state index is 4.61. The van der Waals surface area contributed by atoms with Crippen LogP contribution in [0.5, 0.6) is 0 Å². The molecule has 2 aromatic rings. The second kappa shape index (κ2) is 15.2. The molecule has 0 spiro atoms. The van der Waals surface area contributed by atoms with Gasteiger partial charge < -0.3 is 0 Å². The van der Waals surface area contributed by atoms with Crippen molar-refractivity contribution in [2.24, 2.45) is 5.92 Å². The van der Waals surface area contributed by atoms with E-state index in [4.69, 9.17) is 0 Å². The highest BCUT2D eigenvalue weighted by Crippen LogP contribution is 2.25. The highest BCUT2D eigenvalue weighted by Gasteiger charge is 2.05. The number of benzene rings is 1. The van der Waals surface area contributed by atoms with Crippen molar-refractivity contribution in [3.05, 3.63) is 53.9 Å². The molecule has 1 aromatic heterocycles. The van der Waals surface area contributed by atoms with Gasteiger partial charge in [-0.3, -0.25) is 0 Å². The number of thioether (sulfide) groups is 1. The third kappa shape index (κ3) is 11.0. The lowest BCUT2D eigenvalue weighted by Gasteiger charge is -2.10. The Labute approximate surface area is 195 Å². The molecule has 0 aliphatic rings. The zero-order valence-corrected chi connectivity index (χ0v) is 21.0. The smallest absolute Gasteiger partial charge is 0.159 e. The van der Waals surface area contributed by atoms with Gasteiger partial charge in [0, 0.05) is 22.9 Å². The van der Waals surface area contributed by atoms with E-state index in [0.717, 1.165) is 23.7 Å². The highest BCUT2D eigenvalue weighted by atomic mass is 32.2. The summed E-state index contributed by atoms with van der Waals surface area (Å²) in [6.07, 6.45) is 19.2. The lowest BCUT2D eigenvalue weighted by atomic mass is 10.0. The maximum Gasteiger partial charge on any atom is 0.159 e. The van der Waals surface area contributed by atoms with Crippen LogP contribution in [-0.4, -0.2) is 15.7 Å². The molecule has 1 unspecified atom stereocenters. The van der Waals surface area contributed by atoms with E-state index >= 15 is 0 Å². The van der Waals surface area contributed by atoms with Crippen LogP contribution in [0.4, 0.5) is 0 Å². The van der Waals surface area contributed by atoms with Crippen LogP contribution in [-0.2, 0) is 6.42 Å². The van der Waals surface area contributed by atoms with Crippen LogP contribution in [0, 0.1) is 5.92 Å². The molecule has 2 nitrogen and oxygen atoms in total. The molecular formula is C28H42N2S. The van der Waals surface area contributed by atoms with E-state index in [1.165, 1.54) is 79.6 Å². The predicted molar refractivity (Wildman–Crippen MR) is 138 cm³/mol. The van der Waals surface area contributed by atoms with Crippen molar-refractivity contribution in [3.63, 3.8) is 0 Å². The zero-order valence-electron chi connectivity index (χ0n) is 20.2. The molecule has 0 aliphatic heterocycles. The molecule has 0 N–H and O–H groups in total. The van der Waals surface area contributed by atoms with Gasteiger partial charge in [0.15, 0.2) is 5.82 Å². The zero-order chi connectivity index (χ0) is 22.3. The van der Waals surface area contributed by atoms with E-state index < -0.39 is 0 Å². The molecule has 0 saturated carbocycles. The summed E-state index contributed by atoms with van der Waals surface area (Å²) in [5.74, 6) is 2.79. The van der Waals surface area contributed by atoms with Gasteiger partial charge in [-0.05, 0) is 75.3 Å². The van der Waals surface area contributed by atoms with Gasteiger partial charge >= 0.3 is 0 Å². The predicted octanol–water partition coefficient (Wildman–Crippen LogP) is 8.91. The number of aryl methyl sites for hydroxylation is 1. The number of unbranched alkanes of at least 4 members (excludes halogenated alkanes) is 5. The second-order valence-electron chi connectivity index (χ2n) is 9.06. The number of rotatable bonds is 15. The van der Waals surface area contributed by atoms with Crippen molar-refractivity contribution in [3.8, 4) is 11.4 Å². The molecule has 0 bridgehead atoms. The Kier molecular flexibility index (Phi) is 12.6. The highest BCUT2D eigenvalue weighted by molar-refractivity contribution is 7.99. The molecule has 0 saturated heterocycles. The standard InChI is InChI=1S/C28H42N2S/c1-5-6-7-8-9-10-14-25-21-29-28(30-22-25)26-15-17-27(18-16-26)31-20-19-24(4)13-11-12-23(2)3/h12,15-18,21-22,24H,5-11,13-14,19-20H2,1-4H3. The Hall–Kier alpha value is -1.61. The van der Waals surface area contributed by atoms with Crippen LogP contribution in [0.25, 0.3) is 11.4 Å². The summed E-state index contributed by atoms with van der Waals surface area (Å²) in [7, 11) is 0. The minimum absolute atomic E-state index is 0.783. The maximum atomic E-state index is 4.61. The molecular weight excluding hydrogens is 396 g/mol. The van der Waals surface area contributed by atoms with Gasteiger partial charge in [-0.1, -0.05) is 69.7 Å². The van der Waals surface area contributed by atoms with Crippen LogP contribution in [0.2, 0.25) is 0 Å². The van der Waals surface area contributed by atoms with Gasteiger partial charge in [0.2, 0.25) is 0 Å². The average Bonchev–Trinajstić information content (AvgIpc) is 2.77. The Morgan fingerprint density at radius 1 is 0.935 bits per heavy atom.